The fraction of sp³-hybridized carbons (Fsp3) is 0.857. The summed E-state index contributed by atoms with van der Waals surface area (Å²) < 4.78 is 23.0. The van der Waals surface area contributed by atoms with E-state index in [2.05, 4.69) is 62.5 Å². The number of aliphatic hydroxyl groups excluding tert-OH is 4. The van der Waals surface area contributed by atoms with E-state index in [1.165, 1.54) is 218 Å². The number of rotatable bonds is 54. The van der Waals surface area contributed by atoms with Crippen LogP contribution < -0.4 is 0 Å². The van der Waals surface area contributed by atoms with Crippen LogP contribution in [0.25, 0.3) is 0 Å². The number of esters is 1. The second-order valence-corrected chi connectivity index (χ2v) is 21.1. The van der Waals surface area contributed by atoms with Crippen molar-refractivity contribution in [2.75, 3.05) is 26.4 Å². The van der Waals surface area contributed by atoms with Gasteiger partial charge >= 0.3 is 5.97 Å². The van der Waals surface area contributed by atoms with Crippen molar-refractivity contribution in [1.29, 1.82) is 0 Å². The third kappa shape index (κ3) is 43.4. The van der Waals surface area contributed by atoms with Crippen LogP contribution >= 0.6 is 0 Å². The number of carbonyl (C=O) groups excluding carboxylic acids is 1. The van der Waals surface area contributed by atoms with Crippen molar-refractivity contribution >= 4 is 5.97 Å². The number of unbranched alkanes of at least 4 members (excludes halogenated alkanes) is 35. The fourth-order valence-corrected chi connectivity index (χ4v) is 9.44. The van der Waals surface area contributed by atoms with Crippen LogP contribution in [-0.2, 0) is 23.7 Å². The molecule has 0 aliphatic carbocycles. The van der Waals surface area contributed by atoms with Crippen molar-refractivity contribution in [3.8, 4) is 0 Å². The van der Waals surface area contributed by atoms with Gasteiger partial charge in [0.05, 0.1) is 19.8 Å². The van der Waals surface area contributed by atoms with Crippen LogP contribution in [0.2, 0.25) is 0 Å². The third-order valence-corrected chi connectivity index (χ3v) is 14.2. The molecule has 1 rings (SSSR count). The maximum Gasteiger partial charge on any atom is 0.306 e. The number of hydrogen-bond acceptors (Lipinski definition) is 9. The molecule has 422 valence electrons. The highest BCUT2D eigenvalue weighted by atomic mass is 16.7. The van der Waals surface area contributed by atoms with E-state index in [0.29, 0.717) is 13.0 Å². The Hall–Kier alpha value is -1.85. The van der Waals surface area contributed by atoms with Crippen molar-refractivity contribution in [3.63, 3.8) is 0 Å². The summed E-state index contributed by atoms with van der Waals surface area (Å²) >= 11 is 0. The Labute approximate surface area is 443 Å². The zero-order chi connectivity index (χ0) is 52.1. The van der Waals surface area contributed by atoms with Crippen molar-refractivity contribution in [1.82, 2.24) is 0 Å². The molecule has 0 radical (unpaired) electrons. The molecule has 72 heavy (non-hydrogen) atoms. The van der Waals surface area contributed by atoms with Gasteiger partial charge in [-0.1, -0.05) is 249 Å². The first kappa shape index (κ1) is 68.2. The summed E-state index contributed by atoms with van der Waals surface area (Å²) in [5.41, 5.74) is 0. The number of allylic oxidation sites excluding steroid dienone is 8. The van der Waals surface area contributed by atoms with E-state index < -0.39 is 43.4 Å². The highest BCUT2D eigenvalue weighted by molar-refractivity contribution is 5.69. The van der Waals surface area contributed by atoms with Crippen LogP contribution in [0.5, 0.6) is 0 Å². The van der Waals surface area contributed by atoms with E-state index in [1.807, 2.05) is 0 Å². The normalized spacial score (nSPS) is 19.0. The second-order valence-electron chi connectivity index (χ2n) is 21.1. The molecule has 0 bridgehead atoms. The quantitative estimate of drug-likeness (QED) is 0.0267. The van der Waals surface area contributed by atoms with E-state index in [1.54, 1.807) is 0 Å². The molecule has 9 heteroatoms. The van der Waals surface area contributed by atoms with Gasteiger partial charge in [0.1, 0.15) is 30.5 Å². The Morgan fingerprint density at radius 1 is 0.444 bits per heavy atom. The Balaban J connectivity index is 2.13. The standard InChI is InChI=1S/C63H116O9/c1-3-5-7-9-11-13-15-17-19-21-23-25-27-29-30-32-34-36-38-40-42-44-46-48-50-52-59(65)71-57(56-70-63-62(68)61(67)60(66)58(54-64)72-63)55-69-53-51-49-47-45-43-41-39-37-35-33-31-28-26-24-22-20-18-16-14-12-10-8-6-4-2/h15,17,21-24,27,29,57-58,60-64,66-68H,3-14,16,18-20,25-26,28,30-56H2,1-2H3/b17-15-,23-21-,24-22-,29-27-. The van der Waals surface area contributed by atoms with Crippen molar-refractivity contribution in [3.05, 3.63) is 48.6 Å². The zero-order valence-electron chi connectivity index (χ0n) is 46.9. The average Bonchev–Trinajstić information content (AvgIpc) is 3.38. The number of carbonyl (C=O) groups is 1. The molecule has 0 spiro atoms. The first-order valence-electron chi connectivity index (χ1n) is 30.7. The van der Waals surface area contributed by atoms with Crippen LogP contribution in [-0.4, -0.2) is 89.6 Å². The van der Waals surface area contributed by atoms with Gasteiger partial charge in [0.25, 0.3) is 0 Å². The lowest BCUT2D eigenvalue weighted by molar-refractivity contribution is -0.305. The predicted molar refractivity (Wildman–Crippen MR) is 302 cm³/mol. The highest BCUT2D eigenvalue weighted by Crippen LogP contribution is 2.23. The fourth-order valence-electron chi connectivity index (χ4n) is 9.44. The molecule has 1 aliphatic rings. The SMILES string of the molecule is CCCCCCC/C=C\C/C=C\C/C=C\CCCCCCCCCCCCC(=O)OC(COCCCCCCCCCCCCCC/C=C\CCCCCCCCCC)COC1OC(CO)C(O)C(O)C1O. The molecule has 9 nitrogen and oxygen atoms in total. The van der Waals surface area contributed by atoms with Crippen LogP contribution in [0.3, 0.4) is 0 Å². The third-order valence-electron chi connectivity index (χ3n) is 14.2. The summed E-state index contributed by atoms with van der Waals surface area (Å²) in [5.74, 6) is -0.314. The molecular weight excluding hydrogens is 901 g/mol. The summed E-state index contributed by atoms with van der Waals surface area (Å²) in [6.07, 6.45) is 63.1. The Bertz CT molecular complexity index is 1250. The van der Waals surface area contributed by atoms with Gasteiger partial charge in [-0.2, -0.15) is 0 Å². The van der Waals surface area contributed by atoms with E-state index in [9.17, 15) is 25.2 Å². The summed E-state index contributed by atoms with van der Waals surface area (Å²) in [5, 5.41) is 40.4. The lowest BCUT2D eigenvalue weighted by Gasteiger charge is -2.39. The first-order valence-corrected chi connectivity index (χ1v) is 30.7. The largest absolute Gasteiger partial charge is 0.457 e. The van der Waals surface area contributed by atoms with Gasteiger partial charge in [-0.15, -0.1) is 0 Å². The molecule has 4 N–H and O–H groups in total. The van der Waals surface area contributed by atoms with Gasteiger partial charge in [-0.25, -0.2) is 0 Å². The summed E-state index contributed by atoms with van der Waals surface area (Å²) in [6, 6.07) is 0. The highest BCUT2D eigenvalue weighted by Gasteiger charge is 2.44. The van der Waals surface area contributed by atoms with Crippen LogP contribution in [0.4, 0.5) is 0 Å². The van der Waals surface area contributed by atoms with E-state index in [4.69, 9.17) is 18.9 Å². The topological polar surface area (TPSA) is 135 Å². The molecule has 1 heterocycles. The van der Waals surface area contributed by atoms with Gasteiger partial charge in [-0.3, -0.25) is 4.79 Å². The molecule has 0 aromatic heterocycles. The molecule has 1 saturated heterocycles. The molecule has 0 saturated carbocycles. The minimum Gasteiger partial charge on any atom is -0.457 e. The first-order chi connectivity index (χ1) is 35.4. The molecule has 1 fully saturated rings. The monoisotopic (exact) mass is 1020 g/mol. The number of aliphatic hydroxyl groups is 4. The smallest absolute Gasteiger partial charge is 0.306 e. The van der Waals surface area contributed by atoms with Crippen LogP contribution in [0, 0.1) is 0 Å². The van der Waals surface area contributed by atoms with Crippen molar-refractivity contribution in [2.24, 2.45) is 0 Å². The minimum atomic E-state index is -1.54. The van der Waals surface area contributed by atoms with Gasteiger partial charge in [0, 0.05) is 13.0 Å². The van der Waals surface area contributed by atoms with Gasteiger partial charge in [0.15, 0.2) is 6.29 Å². The van der Waals surface area contributed by atoms with E-state index in [0.717, 1.165) is 44.9 Å². The molecule has 6 atom stereocenters. The molecular formula is C63H116O9. The van der Waals surface area contributed by atoms with Gasteiger partial charge in [0.2, 0.25) is 0 Å². The van der Waals surface area contributed by atoms with E-state index in [-0.39, 0.29) is 19.2 Å². The molecule has 0 amide bonds. The van der Waals surface area contributed by atoms with Gasteiger partial charge in [-0.05, 0) is 77.0 Å². The molecule has 6 unspecified atom stereocenters. The predicted octanol–water partition coefficient (Wildman–Crippen LogP) is 16.4. The maximum absolute atomic E-state index is 12.9. The second kappa shape index (κ2) is 54.0. The van der Waals surface area contributed by atoms with Gasteiger partial charge < -0.3 is 39.4 Å². The average molecular weight is 1020 g/mol. The lowest BCUT2D eigenvalue weighted by Crippen LogP contribution is -2.59. The van der Waals surface area contributed by atoms with Crippen molar-refractivity contribution in [2.45, 2.75) is 320 Å². The summed E-state index contributed by atoms with van der Waals surface area (Å²) in [6.45, 7) is 4.59. The maximum atomic E-state index is 12.9. The number of ether oxygens (including phenoxy) is 4. The van der Waals surface area contributed by atoms with Crippen molar-refractivity contribution < 1.29 is 44.2 Å². The Morgan fingerprint density at radius 2 is 0.806 bits per heavy atom. The molecule has 1 aliphatic heterocycles. The number of hydrogen-bond donors (Lipinski definition) is 4. The lowest BCUT2D eigenvalue weighted by atomic mass is 9.99. The molecule has 0 aromatic rings. The summed E-state index contributed by atoms with van der Waals surface area (Å²) in [4.78, 5) is 12.9. The van der Waals surface area contributed by atoms with Crippen LogP contribution in [0.1, 0.15) is 284 Å². The van der Waals surface area contributed by atoms with Crippen LogP contribution in [0.15, 0.2) is 48.6 Å². The van der Waals surface area contributed by atoms with E-state index >= 15 is 0 Å². The Morgan fingerprint density at radius 3 is 1.22 bits per heavy atom. The Kier molecular flexibility index (Phi) is 51.1. The minimum absolute atomic E-state index is 0.114. The molecule has 0 aromatic carbocycles. The summed E-state index contributed by atoms with van der Waals surface area (Å²) in [7, 11) is 0. The zero-order valence-corrected chi connectivity index (χ0v) is 46.9.